The first-order valence-electron chi connectivity index (χ1n) is 15.8. The minimum absolute atomic E-state index is 1.01. The molecule has 218 valence electrons. The Morgan fingerprint density at radius 2 is 0.870 bits per heavy atom. The molecule has 0 atom stereocenters. The van der Waals surface area contributed by atoms with Gasteiger partial charge >= 0.3 is 0 Å². The Bertz CT molecular complexity index is 2190. The second-order valence-electron chi connectivity index (χ2n) is 12.1. The highest BCUT2D eigenvalue weighted by Gasteiger charge is 2.22. The molecule has 2 aliphatic heterocycles. The SMILES string of the molecule is CN1c2ccccc2C=Cc2ccc(-c3c4ccccc4c(-c4ccc5c(c4)N(C)c4ccccc4C=C5)c4ncccc34)cc21. The van der Waals surface area contributed by atoms with Crippen molar-refractivity contribution in [2.45, 2.75) is 0 Å². The van der Waals surface area contributed by atoms with Gasteiger partial charge in [-0.05, 0) is 80.0 Å². The lowest BCUT2D eigenvalue weighted by Gasteiger charge is -2.24. The lowest BCUT2D eigenvalue weighted by Crippen LogP contribution is -2.11. The second kappa shape index (κ2) is 10.3. The molecule has 0 radical (unpaired) electrons. The van der Waals surface area contributed by atoms with E-state index in [0.717, 1.165) is 22.0 Å². The summed E-state index contributed by atoms with van der Waals surface area (Å²) >= 11 is 0. The van der Waals surface area contributed by atoms with Crippen molar-refractivity contribution >= 4 is 68.7 Å². The third-order valence-corrected chi connectivity index (χ3v) is 9.62. The van der Waals surface area contributed by atoms with Crippen molar-refractivity contribution in [3.05, 3.63) is 150 Å². The van der Waals surface area contributed by atoms with Crippen LogP contribution in [0.25, 0.3) is 68.2 Å². The molecule has 0 unspecified atom stereocenters. The van der Waals surface area contributed by atoms with Crippen molar-refractivity contribution in [2.75, 3.05) is 23.9 Å². The fourth-order valence-electron chi connectivity index (χ4n) is 7.35. The molecular formula is C43H31N3. The van der Waals surface area contributed by atoms with E-state index < -0.39 is 0 Å². The molecular weight excluding hydrogens is 558 g/mol. The first kappa shape index (κ1) is 26.5. The van der Waals surface area contributed by atoms with E-state index in [2.05, 4.69) is 170 Å². The molecule has 3 heteroatoms. The van der Waals surface area contributed by atoms with E-state index in [1.165, 1.54) is 66.9 Å². The molecule has 7 aromatic rings. The maximum atomic E-state index is 5.08. The number of fused-ring (bicyclic) bond motifs is 6. The van der Waals surface area contributed by atoms with Gasteiger partial charge < -0.3 is 9.80 Å². The maximum absolute atomic E-state index is 5.08. The highest BCUT2D eigenvalue weighted by Crippen LogP contribution is 2.46. The number of rotatable bonds is 2. The molecule has 0 fully saturated rings. The third kappa shape index (κ3) is 4.02. The van der Waals surface area contributed by atoms with Crippen LogP contribution in [0.1, 0.15) is 22.3 Å². The van der Waals surface area contributed by atoms with Crippen LogP contribution in [0.5, 0.6) is 0 Å². The van der Waals surface area contributed by atoms with Crippen LogP contribution in [0.15, 0.2) is 128 Å². The Morgan fingerprint density at radius 1 is 0.413 bits per heavy atom. The maximum Gasteiger partial charge on any atom is 0.0793 e. The molecule has 2 aliphatic rings. The number of pyridine rings is 1. The highest BCUT2D eigenvalue weighted by atomic mass is 15.1. The van der Waals surface area contributed by atoms with Crippen LogP contribution in [0, 0.1) is 0 Å². The summed E-state index contributed by atoms with van der Waals surface area (Å²) in [5, 5.41) is 3.57. The molecule has 3 heterocycles. The Balaban J connectivity index is 1.27. The molecule has 0 bridgehead atoms. The molecule has 6 aromatic carbocycles. The second-order valence-corrected chi connectivity index (χ2v) is 12.1. The molecule has 3 nitrogen and oxygen atoms in total. The van der Waals surface area contributed by atoms with Gasteiger partial charge in [-0.2, -0.15) is 0 Å². The topological polar surface area (TPSA) is 19.4 Å². The quantitative estimate of drug-likeness (QED) is 0.187. The smallest absolute Gasteiger partial charge is 0.0793 e. The van der Waals surface area contributed by atoms with E-state index in [0.29, 0.717) is 0 Å². The predicted molar refractivity (Wildman–Crippen MR) is 197 cm³/mol. The molecule has 9 rings (SSSR count). The number of hydrogen-bond acceptors (Lipinski definition) is 3. The summed E-state index contributed by atoms with van der Waals surface area (Å²) < 4.78 is 0. The van der Waals surface area contributed by atoms with Gasteiger partial charge in [-0.1, -0.05) is 115 Å². The zero-order chi connectivity index (χ0) is 30.8. The van der Waals surface area contributed by atoms with Gasteiger partial charge in [0.25, 0.3) is 0 Å². The van der Waals surface area contributed by atoms with Crippen LogP contribution >= 0.6 is 0 Å². The number of nitrogens with zero attached hydrogens (tertiary/aromatic N) is 3. The van der Waals surface area contributed by atoms with E-state index in [1.807, 2.05) is 6.20 Å². The van der Waals surface area contributed by atoms with Gasteiger partial charge in [0, 0.05) is 54.0 Å². The fourth-order valence-corrected chi connectivity index (χ4v) is 7.35. The highest BCUT2D eigenvalue weighted by molar-refractivity contribution is 6.20. The van der Waals surface area contributed by atoms with Crippen LogP contribution in [0.2, 0.25) is 0 Å². The van der Waals surface area contributed by atoms with Crippen LogP contribution in [-0.2, 0) is 0 Å². The van der Waals surface area contributed by atoms with E-state index in [4.69, 9.17) is 4.98 Å². The zero-order valence-corrected chi connectivity index (χ0v) is 25.8. The lowest BCUT2D eigenvalue weighted by molar-refractivity contribution is 1.20. The summed E-state index contributed by atoms with van der Waals surface area (Å²) in [6.45, 7) is 0. The molecule has 0 amide bonds. The van der Waals surface area contributed by atoms with Crippen molar-refractivity contribution in [2.24, 2.45) is 0 Å². The standard InChI is InChI=1S/C43H31N3/c1-45-37-15-7-3-10-28(37)17-19-30-21-23-32(26-39(30)45)41-34-12-5-6-13-35(34)42(43-36(41)14-9-25-44-43)33-24-22-31-20-18-29-11-4-8-16-38(29)46(2)40(31)27-33/h3-27H,1-2H3. The first-order valence-corrected chi connectivity index (χ1v) is 15.8. The summed E-state index contributed by atoms with van der Waals surface area (Å²) in [6.07, 6.45) is 10.8. The van der Waals surface area contributed by atoms with Crippen molar-refractivity contribution in [3.8, 4) is 22.3 Å². The molecule has 0 saturated heterocycles. The van der Waals surface area contributed by atoms with Crippen molar-refractivity contribution < 1.29 is 0 Å². The largest absolute Gasteiger partial charge is 0.344 e. The minimum Gasteiger partial charge on any atom is -0.344 e. The fraction of sp³-hybridized carbons (Fsp3) is 0.0465. The van der Waals surface area contributed by atoms with Gasteiger partial charge in [0.15, 0.2) is 0 Å². The van der Waals surface area contributed by atoms with Crippen LogP contribution in [-0.4, -0.2) is 19.1 Å². The van der Waals surface area contributed by atoms with Gasteiger partial charge in [-0.3, -0.25) is 4.98 Å². The van der Waals surface area contributed by atoms with Gasteiger partial charge in [0.1, 0.15) is 0 Å². The van der Waals surface area contributed by atoms with E-state index in [-0.39, 0.29) is 0 Å². The Kier molecular flexibility index (Phi) is 5.94. The number of benzene rings is 6. The minimum atomic E-state index is 1.01. The number of anilines is 4. The Hall–Kier alpha value is -5.93. The van der Waals surface area contributed by atoms with Crippen LogP contribution < -0.4 is 9.80 Å². The summed E-state index contributed by atoms with van der Waals surface area (Å²) in [5.41, 5.74) is 15.3. The Morgan fingerprint density at radius 3 is 1.46 bits per heavy atom. The molecule has 1 aromatic heterocycles. The average molecular weight is 590 g/mol. The predicted octanol–water partition coefficient (Wildman–Crippen LogP) is 11.2. The molecule has 46 heavy (non-hydrogen) atoms. The third-order valence-electron chi connectivity index (χ3n) is 9.62. The molecule has 0 saturated carbocycles. The monoisotopic (exact) mass is 589 g/mol. The molecule has 0 N–H and O–H groups in total. The first-order chi connectivity index (χ1) is 22.7. The lowest BCUT2D eigenvalue weighted by atomic mass is 9.87. The van der Waals surface area contributed by atoms with Crippen molar-refractivity contribution in [1.29, 1.82) is 0 Å². The number of hydrogen-bond donors (Lipinski definition) is 0. The normalized spacial score (nSPS) is 13.2. The van der Waals surface area contributed by atoms with E-state index in [9.17, 15) is 0 Å². The van der Waals surface area contributed by atoms with Crippen molar-refractivity contribution in [1.82, 2.24) is 4.98 Å². The van der Waals surface area contributed by atoms with Crippen LogP contribution in [0.3, 0.4) is 0 Å². The zero-order valence-electron chi connectivity index (χ0n) is 25.8. The van der Waals surface area contributed by atoms with Crippen molar-refractivity contribution in [3.63, 3.8) is 0 Å². The van der Waals surface area contributed by atoms with Gasteiger partial charge in [-0.15, -0.1) is 0 Å². The van der Waals surface area contributed by atoms with Gasteiger partial charge in [-0.25, -0.2) is 0 Å². The Labute approximate surface area is 269 Å². The number of para-hydroxylation sites is 2. The average Bonchev–Trinajstić information content (AvgIpc) is 3.34. The van der Waals surface area contributed by atoms with Crippen LogP contribution in [0.4, 0.5) is 22.7 Å². The molecule has 0 spiro atoms. The van der Waals surface area contributed by atoms with E-state index >= 15 is 0 Å². The summed E-state index contributed by atoms with van der Waals surface area (Å²) in [7, 11) is 4.33. The summed E-state index contributed by atoms with van der Waals surface area (Å²) in [5.74, 6) is 0. The van der Waals surface area contributed by atoms with E-state index in [1.54, 1.807) is 0 Å². The number of aromatic nitrogens is 1. The summed E-state index contributed by atoms with van der Waals surface area (Å²) in [6, 6.07) is 43.9. The molecule has 0 aliphatic carbocycles. The summed E-state index contributed by atoms with van der Waals surface area (Å²) in [4.78, 5) is 9.69. The van der Waals surface area contributed by atoms with Gasteiger partial charge in [0.05, 0.1) is 5.52 Å². The van der Waals surface area contributed by atoms with Gasteiger partial charge in [0.2, 0.25) is 0 Å².